The number of nitrogens with one attached hydrogen (secondary N) is 1. The van der Waals surface area contributed by atoms with Gasteiger partial charge in [0.05, 0.1) is 0 Å². The van der Waals surface area contributed by atoms with E-state index in [-0.39, 0.29) is 0 Å². The monoisotopic (exact) mass is 234 g/mol. The van der Waals surface area contributed by atoms with Crippen molar-refractivity contribution in [2.45, 2.75) is 65.5 Å². The van der Waals surface area contributed by atoms with E-state index in [9.17, 15) is 0 Å². The summed E-state index contributed by atoms with van der Waals surface area (Å²) in [4.78, 5) is 4.21. The van der Waals surface area contributed by atoms with Crippen LogP contribution in [-0.4, -0.2) is 11.0 Å². The molecule has 1 aromatic rings. The normalized spacial score (nSPS) is 12.6. The van der Waals surface area contributed by atoms with Gasteiger partial charge in [-0.3, -0.25) is 4.98 Å². The Hall–Kier alpha value is -0.890. The van der Waals surface area contributed by atoms with Crippen molar-refractivity contribution >= 4 is 0 Å². The van der Waals surface area contributed by atoms with Gasteiger partial charge in [-0.05, 0) is 31.4 Å². The van der Waals surface area contributed by atoms with Crippen LogP contribution >= 0.6 is 0 Å². The Bertz CT molecular complexity index is 310. The fourth-order valence-corrected chi connectivity index (χ4v) is 1.99. The van der Waals surface area contributed by atoms with E-state index < -0.39 is 0 Å². The summed E-state index contributed by atoms with van der Waals surface area (Å²) in [6.07, 6.45) is 10.5. The van der Waals surface area contributed by atoms with Crippen LogP contribution in [0, 0.1) is 6.92 Å². The van der Waals surface area contributed by atoms with E-state index in [1.807, 2.05) is 12.4 Å². The Morgan fingerprint density at radius 2 is 2.06 bits per heavy atom. The highest BCUT2D eigenvalue weighted by atomic mass is 14.9. The van der Waals surface area contributed by atoms with Crippen LogP contribution in [0.5, 0.6) is 0 Å². The van der Waals surface area contributed by atoms with Crippen molar-refractivity contribution < 1.29 is 0 Å². The van der Waals surface area contributed by atoms with Crippen LogP contribution in [0.1, 0.15) is 57.1 Å². The van der Waals surface area contributed by atoms with Crippen molar-refractivity contribution in [3.63, 3.8) is 0 Å². The molecule has 1 heterocycles. The molecule has 1 atom stereocenters. The molecular formula is C15H26N2. The molecule has 0 spiro atoms. The zero-order chi connectivity index (χ0) is 12.5. The SMILES string of the molecule is CCCCCCC(C)NCc1cncc(C)c1. The standard InChI is InChI=1S/C15H26N2/c1-4-5-6-7-8-14(3)17-12-15-9-13(2)10-16-11-15/h9-11,14,17H,4-8,12H2,1-3H3. The highest BCUT2D eigenvalue weighted by Gasteiger charge is 2.01. The number of aromatic nitrogens is 1. The first-order valence-electron chi connectivity index (χ1n) is 6.86. The Labute approximate surface area is 106 Å². The average molecular weight is 234 g/mol. The lowest BCUT2D eigenvalue weighted by atomic mass is 10.1. The van der Waals surface area contributed by atoms with Gasteiger partial charge in [-0.2, -0.15) is 0 Å². The Kier molecular flexibility index (Phi) is 6.87. The quantitative estimate of drug-likeness (QED) is 0.691. The van der Waals surface area contributed by atoms with Gasteiger partial charge < -0.3 is 5.32 Å². The highest BCUT2D eigenvalue weighted by Crippen LogP contribution is 2.06. The van der Waals surface area contributed by atoms with Crippen molar-refractivity contribution in [2.75, 3.05) is 0 Å². The molecule has 1 unspecified atom stereocenters. The van der Waals surface area contributed by atoms with Crippen molar-refractivity contribution in [1.29, 1.82) is 0 Å². The Balaban J connectivity index is 2.17. The van der Waals surface area contributed by atoms with Crippen molar-refractivity contribution in [3.05, 3.63) is 29.6 Å². The second-order valence-electron chi connectivity index (χ2n) is 5.00. The van der Waals surface area contributed by atoms with E-state index >= 15 is 0 Å². The maximum Gasteiger partial charge on any atom is 0.0313 e. The van der Waals surface area contributed by atoms with E-state index in [4.69, 9.17) is 0 Å². The van der Waals surface area contributed by atoms with Crippen LogP contribution in [-0.2, 0) is 6.54 Å². The van der Waals surface area contributed by atoms with E-state index in [0.717, 1.165) is 6.54 Å². The Morgan fingerprint density at radius 1 is 1.24 bits per heavy atom. The summed E-state index contributed by atoms with van der Waals surface area (Å²) in [6, 6.07) is 2.80. The molecule has 17 heavy (non-hydrogen) atoms. The minimum absolute atomic E-state index is 0.604. The summed E-state index contributed by atoms with van der Waals surface area (Å²) >= 11 is 0. The first-order valence-corrected chi connectivity index (χ1v) is 6.86. The number of pyridine rings is 1. The van der Waals surface area contributed by atoms with Crippen LogP contribution in [0.25, 0.3) is 0 Å². The molecule has 0 aliphatic rings. The molecule has 0 saturated heterocycles. The lowest BCUT2D eigenvalue weighted by Crippen LogP contribution is -2.25. The van der Waals surface area contributed by atoms with Gasteiger partial charge in [0.2, 0.25) is 0 Å². The third-order valence-corrected chi connectivity index (χ3v) is 3.08. The van der Waals surface area contributed by atoms with Crippen LogP contribution in [0.2, 0.25) is 0 Å². The van der Waals surface area contributed by atoms with Crippen LogP contribution in [0.4, 0.5) is 0 Å². The van der Waals surface area contributed by atoms with Gasteiger partial charge in [0.25, 0.3) is 0 Å². The molecule has 0 radical (unpaired) electrons. The van der Waals surface area contributed by atoms with E-state index in [2.05, 4.69) is 37.1 Å². The fraction of sp³-hybridized carbons (Fsp3) is 0.667. The second-order valence-corrected chi connectivity index (χ2v) is 5.00. The molecule has 1 aromatic heterocycles. The minimum atomic E-state index is 0.604. The third-order valence-electron chi connectivity index (χ3n) is 3.08. The lowest BCUT2D eigenvalue weighted by Gasteiger charge is -2.13. The molecule has 1 N–H and O–H groups in total. The molecule has 2 heteroatoms. The van der Waals surface area contributed by atoms with Crippen LogP contribution < -0.4 is 5.32 Å². The molecule has 0 amide bonds. The molecule has 0 aliphatic heterocycles. The molecule has 96 valence electrons. The predicted molar refractivity (Wildman–Crippen MR) is 74.0 cm³/mol. The summed E-state index contributed by atoms with van der Waals surface area (Å²) in [5.41, 5.74) is 2.52. The van der Waals surface area contributed by atoms with Gasteiger partial charge in [0, 0.05) is 25.0 Å². The number of nitrogens with zero attached hydrogens (tertiary/aromatic N) is 1. The minimum Gasteiger partial charge on any atom is -0.310 e. The predicted octanol–water partition coefficient (Wildman–Crippen LogP) is 3.84. The van der Waals surface area contributed by atoms with Gasteiger partial charge in [0.1, 0.15) is 0 Å². The Morgan fingerprint density at radius 3 is 2.76 bits per heavy atom. The molecule has 0 aromatic carbocycles. The number of hydrogen-bond acceptors (Lipinski definition) is 2. The summed E-state index contributed by atoms with van der Waals surface area (Å²) in [5.74, 6) is 0. The van der Waals surface area contributed by atoms with Crippen molar-refractivity contribution in [2.24, 2.45) is 0 Å². The van der Waals surface area contributed by atoms with Gasteiger partial charge in [-0.1, -0.05) is 38.7 Å². The van der Waals surface area contributed by atoms with Gasteiger partial charge in [0.15, 0.2) is 0 Å². The number of aryl methyl sites for hydroxylation is 1. The van der Waals surface area contributed by atoms with Crippen molar-refractivity contribution in [3.8, 4) is 0 Å². The second kappa shape index (κ2) is 8.24. The largest absolute Gasteiger partial charge is 0.310 e. The highest BCUT2D eigenvalue weighted by molar-refractivity contribution is 5.16. The van der Waals surface area contributed by atoms with Gasteiger partial charge in [-0.15, -0.1) is 0 Å². The molecule has 2 nitrogen and oxygen atoms in total. The molecule has 0 aliphatic carbocycles. The lowest BCUT2D eigenvalue weighted by molar-refractivity contribution is 0.482. The zero-order valence-electron chi connectivity index (χ0n) is 11.5. The van der Waals surface area contributed by atoms with E-state index in [1.165, 1.54) is 43.2 Å². The summed E-state index contributed by atoms with van der Waals surface area (Å²) in [5, 5.41) is 3.56. The van der Waals surface area contributed by atoms with Crippen LogP contribution in [0.15, 0.2) is 18.5 Å². The number of hydrogen-bond donors (Lipinski definition) is 1. The summed E-state index contributed by atoms with van der Waals surface area (Å²) in [6.45, 7) is 7.55. The number of rotatable bonds is 8. The van der Waals surface area contributed by atoms with Gasteiger partial charge >= 0.3 is 0 Å². The molecule has 0 fully saturated rings. The van der Waals surface area contributed by atoms with Gasteiger partial charge in [-0.25, -0.2) is 0 Å². The van der Waals surface area contributed by atoms with E-state index in [1.54, 1.807) is 0 Å². The number of unbranched alkanes of at least 4 members (excludes halogenated alkanes) is 3. The molecule has 0 saturated carbocycles. The van der Waals surface area contributed by atoms with Crippen LogP contribution in [0.3, 0.4) is 0 Å². The maximum atomic E-state index is 4.21. The first-order chi connectivity index (χ1) is 8.22. The summed E-state index contributed by atoms with van der Waals surface area (Å²) < 4.78 is 0. The fourth-order valence-electron chi connectivity index (χ4n) is 1.99. The zero-order valence-corrected chi connectivity index (χ0v) is 11.5. The third kappa shape index (κ3) is 6.42. The smallest absolute Gasteiger partial charge is 0.0313 e. The summed E-state index contributed by atoms with van der Waals surface area (Å²) in [7, 11) is 0. The topological polar surface area (TPSA) is 24.9 Å². The van der Waals surface area contributed by atoms with E-state index in [0.29, 0.717) is 6.04 Å². The molecular weight excluding hydrogens is 208 g/mol. The molecule has 0 bridgehead atoms. The van der Waals surface area contributed by atoms with Crippen molar-refractivity contribution in [1.82, 2.24) is 10.3 Å². The maximum absolute atomic E-state index is 4.21. The first kappa shape index (κ1) is 14.2. The average Bonchev–Trinajstić information content (AvgIpc) is 2.32. The molecule has 1 rings (SSSR count).